The van der Waals surface area contributed by atoms with E-state index in [1.54, 1.807) is 18.2 Å². The second kappa shape index (κ2) is 7.25. The molecule has 8 heteroatoms. The van der Waals surface area contributed by atoms with E-state index in [0.29, 0.717) is 11.6 Å². The maximum absolute atomic E-state index is 13.3. The smallest absolute Gasteiger partial charge is 0.282 e. The zero-order chi connectivity index (χ0) is 18.6. The van der Waals surface area contributed by atoms with Gasteiger partial charge in [0.2, 0.25) is 5.88 Å². The molecule has 7 nitrogen and oxygen atoms in total. The van der Waals surface area contributed by atoms with Crippen molar-refractivity contribution in [2.45, 2.75) is 32.9 Å². The number of nitro groups is 1. The van der Waals surface area contributed by atoms with E-state index in [2.05, 4.69) is 10.3 Å². The van der Waals surface area contributed by atoms with Gasteiger partial charge in [0, 0.05) is 12.1 Å². The van der Waals surface area contributed by atoms with Crippen LogP contribution in [0.2, 0.25) is 0 Å². The Labute approximate surface area is 144 Å². The molecular weight excluding hydrogens is 329 g/mol. The van der Waals surface area contributed by atoms with Gasteiger partial charge in [-0.05, 0) is 39.0 Å². The number of hydrogen-bond donors (Lipinski definition) is 1. The Morgan fingerprint density at radius 1 is 1.32 bits per heavy atom. The summed E-state index contributed by atoms with van der Waals surface area (Å²) in [5.74, 6) is -1.08. The minimum Gasteiger partial charge on any atom is -0.472 e. The standard InChI is InChI=1S/C17H18FN3O4/c1-17(2,3)25-15-6-4-5-12(20-15)10-19-16(22)13-9-11(18)7-8-14(13)21(23)24/h4-9H,10H2,1-3H3,(H,19,22). The third-order valence-corrected chi connectivity index (χ3v) is 3.02. The summed E-state index contributed by atoms with van der Waals surface area (Å²) >= 11 is 0. The van der Waals surface area contributed by atoms with Crippen LogP contribution in [0.5, 0.6) is 5.88 Å². The second-order valence-corrected chi connectivity index (χ2v) is 6.28. The maximum Gasteiger partial charge on any atom is 0.282 e. The molecule has 0 radical (unpaired) electrons. The molecular formula is C17H18FN3O4. The molecule has 1 N–H and O–H groups in total. The van der Waals surface area contributed by atoms with Gasteiger partial charge in [0.05, 0.1) is 17.2 Å². The van der Waals surface area contributed by atoms with Gasteiger partial charge in [-0.3, -0.25) is 14.9 Å². The minimum absolute atomic E-state index is 0.0217. The molecule has 0 aliphatic rings. The number of aromatic nitrogens is 1. The van der Waals surface area contributed by atoms with Crippen molar-refractivity contribution in [2.75, 3.05) is 0 Å². The summed E-state index contributed by atoms with van der Waals surface area (Å²) in [6.45, 7) is 5.67. The summed E-state index contributed by atoms with van der Waals surface area (Å²) in [6, 6.07) is 7.81. The highest BCUT2D eigenvalue weighted by atomic mass is 19.1. The van der Waals surface area contributed by atoms with Crippen molar-refractivity contribution in [1.29, 1.82) is 0 Å². The predicted molar refractivity (Wildman–Crippen MR) is 88.8 cm³/mol. The topological polar surface area (TPSA) is 94.4 Å². The van der Waals surface area contributed by atoms with Gasteiger partial charge in [-0.15, -0.1) is 0 Å². The van der Waals surface area contributed by atoms with E-state index in [9.17, 15) is 19.3 Å². The maximum atomic E-state index is 13.3. The molecule has 0 unspecified atom stereocenters. The SMILES string of the molecule is CC(C)(C)Oc1cccc(CNC(=O)c2cc(F)ccc2[N+](=O)[O-])n1. The molecule has 1 heterocycles. The summed E-state index contributed by atoms with van der Waals surface area (Å²) in [5.41, 5.74) is -0.713. The van der Waals surface area contributed by atoms with Gasteiger partial charge >= 0.3 is 0 Å². The van der Waals surface area contributed by atoms with Gasteiger partial charge in [0.1, 0.15) is 17.0 Å². The van der Waals surface area contributed by atoms with E-state index in [4.69, 9.17) is 4.74 Å². The molecule has 0 aliphatic carbocycles. The number of nitro benzene ring substituents is 1. The van der Waals surface area contributed by atoms with Gasteiger partial charge in [0.25, 0.3) is 11.6 Å². The van der Waals surface area contributed by atoms with Gasteiger partial charge in [0.15, 0.2) is 0 Å². The van der Waals surface area contributed by atoms with Crippen LogP contribution >= 0.6 is 0 Å². The second-order valence-electron chi connectivity index (χ2n) is 6.28. The lowest BCUT2D eigenvalue weighted by Crippen LogP contribution is -2.25. The summed E-state index contributed by atoms with van der Waals surface area (Å²) in [5, 5.41) is 13.5. The normalized spacial score (nSPS) is 11.0. The molecule has 0 spiro atoms. The number of nitrogens with one attached hydrogen (secondary N) is 1. The number of amides is 1. The number of nitrogens with zero attached hydrogens (tertiary/aromatic N) is 2. The van der Waals surface area contributed by atoms with Crippen LogP contribution in [-0.4, -0.2) is 21.4 Å². The largest absolute Gasteiger partial charge is 0.472 e. The van der Waals surface area contributed by atoms with E-state index in [1.807, 2.05) is 20.8 Å². The van der Waals surface area contributed by atoms with Crippen LogP contribution in [0.1, 0.15) is 36.8 Å². The molecule has 2 rings (SSSR count). The first-order chi connectivity index (χ1) is 11.7. The Hall–Kier alpha value is -3.03. The Bertz CT molecular complexity index is 803. The summed E-state index contributed by atoms with van der Waals surface area (Å²) in [4.78, 5) is 26.7. The monoisotopic (exact) mass is 347 g/mol. The average molecular weight is 347 g/mol. The minimum atomic E-state index is -0.754. The Balaban J connectivity index is 2.12. The first kappa shape index (κ1) is 18.3. The molecule has 1 amide bonds. The van der Waals surface area contributed by atoms with Crippen molar-refractivity contribution < 1.29 is 18.8 Å². The fourth-order valence-electron chi connectivity index (χ4n) is 2.04. The lowest BCUT2D eigenvalue weighted by molar-refractivity contribution is -0.385. The molecule has 0 aliphatic heterocycles. The van der Waals surface area contributed by atoms with E-state index in [1.165, 1.54) is 0 Å². The highest BCUT2D eigenvalue weighted by Crippen LogP contribution is 2.20. The third kappa shape index (κ3) is 5.23. The quantitative estimate of drug-likeness (QED) is 0.662. The molecule has 2 aromatic rings. The van der Waals surface area contributed by atoms with Crippen LogP contribution in [0.3, 0.4) is 0 Å². The molecule has 25 heavy (non-hydrogen) atoms. The van der Waals surface area contributed by atoms with Crippen LogP contribution < -0.4 is 10.1 Å². The van der Waals surface area contributed by atoms with Crippen molar-refractivity contribution in [2.24, 2.45) is 0 Å². The van der Waals surface area contributed by atoms with E-state index >= 15 is 0 Å². The number of carbonyl (C=O) groups is 1. The number of halogens is 1. The van der Waals surface area contributed by atoms with Crippen molar-refractivity contribution in [3.63, 3.8) is 0 Å². The number of pyridine rings is 1. The third-order valence-electron chi connectivity index (χ3n) is 3.02. The van der Waals surface area contributed by atoms with Crippen LogP contribution in [0.15, 0.2) is 36.4 Å². The average Bonchev–Trinajstić information content (AvgIpc) is 2.51. The summed E-state index contributed by atoms with van der Waals surface area (Å²) < 4.78 is 19.0. The Morgan fingerprint density at radius 3 is 2.68 bits per heavy atom. The number of rotatable bonds is 5. The van der Waals surface area contributed by atoms with Crippen molar-refractivity contribution in [3.05, 3.63) is 63.6 Å². The molecule has 0 saturated carbocycles. The highest BCUT2D eigenvalue weighted by Gasteiger charge is 2.21. The van der Waals surface area contributed by atoms with Gasteiger partial charge in [-0.2, -0.15) is 0 Å². The van der Waals surface area contributed by atoms with E-state index in [0.717, 1.165) is 18.2 Å². The fourth-order valence-corrected chi connectivity index (χ4v) is 2.04. The van der Waals surface area contributed by atoms with E-state index in [-0.39, 0.29) is 12.1 Å². The number of ether oxygens (including phenoxy) is 1. The molecule has 0 bridgehead atoms. The lowest BCUT2D eigenvalue weighted by Gasteiger charge is -2.20. The summed E-state index contributed by atoms with van der Waals surface area (Å²) in [6.07, 6.45) is 0. The van der Waals surface area contributed by atoms with E-state index < -0.39 is 27.9 Å². The molecule has 0 atom stereocenters. The van der Waals surface area contributed by atoms with Crippen LogP contribution in [0.25, 0.3) is 0 Å². The van der Waals surface area contributed by atoms with Gasteiger partial charge in [-0.25, -0.2) is 9.37 Å². The molecule has 132 valence electrons. The fraction of sp³-hybridized carbons (Fsp3) is 0.294. The van der Waals surface area contributed by atoms with Crippen LogP contribution in [-0.2, 0) is 6.54 Å². The number of hydrogen-bond acceptors (Lipinski definition) is 5. The molecule has 1 aromatic carbocycles. The van der Waals surface area contributed by atoms with Crippen molar-refractivity contribution in [3.8, 4) is 5.88 Å². The molecule has 0 fully saturated rings. The Morgan fingerprint density at radius 2 is 2.04 bits per heavy atom. The zero-order valence-corrected chi connectivity index (χ0v) is 14.1. The van der Waals surface area contributed by atoms with Crippen LogP contribution in [0.4, 0.5) is 10.1 Å². The molecule has 0 saturated heterocycles. The van der Waals surface area contributed by atoms with Crippen molar-refractivity contribution >= 4 is 11.6 Å². The Kier molecular flexibility index (Phi) is 5.31. The first-order valence-electron chi connectivity index (χ1n) is 7.53. The van der Waals surface area contributed by atoms with Crippen LogP contribution in [0, 0.1) is 15.9 Å². The number of benzene rings is 1. The predicted octanol–water partition coefficient (Wildman–Crippen LogP) is 3.24. The zero-order valence-electron chi connectivity index (χ0n) is 14.1. The van der Waals surface area contributed by atoms with Crippen molar-refractivity contribution in [1.82, 2.24) is 10.3 Å². The van der Waals surface area contributed by atoms with Gasteiger partial charge in [-0.1, -0.05) is 6.07 Å². The summed E-state index contributed by atoms with van der Waals surface area (Å²) in [7, 11) is 0. The lowest BCUT2D eigenvalue weighted by atomic mass is 10.1. The van der Waals surface area contributed by atoms with Gasteiger partial charge < -0.3 is 10.1 Å². The highest BCUT2D eigenvalue weighted by molar-refractivity contribution is 5.98. The first-order valence-corrected chi connectivity index (χ1v) is 7.53. The molecule has 1 aromatic heterocycles. The number of carbonyl (C=O) groups excluding carboxylic acids is 1.